The monoisotopic (exact) mass is 428 g/mol. The van der Waals surface area contributed by atoms with Crippen LogP contribution in [-0.4, -0.2) is 39.2 Å². The molecule has 0 N–H and O–H groups in total. The predicted octanol–water partition coefficient (Wildman–Crippen LogP) is 5.01. The van der Waals surface area contributed by atoms with Crippen molar-refractivity contribution in [2.75, 3.05) is 13.1 Å². The lowest BCUT2D eigenvalue weighted by Gasteiger charge is -2.40. The van der Waals surface area contributed by atoms with E-state index < -0.39 is 5.41 Å². The Morgan fingerprint density at radius 3 is 2.34 bits per heavy atom. The Labute approximate surface area is 190 Å². The van der Waals surface area contributed by atoms with E-state index >= 15 is 0 Å². The zero-order valence-corrected chi connectivity index (χ0v) is 18.9. The van der Waals surface area contributed by atoms with Gasteiger partial charge in [0.1, 0.15) is 5.41 Å². The Hall–Kier alpha value is -2.53. The molecule has 32 heavy (non-hydrogen) atoms. The molecule has 5 heteroatoms. The van der Waals surface area contributed by atoms with Crippen molar-refractivity contribution in [3.05, 3.63) is 77.8 Å². The molecule has 4 fully saturated rings. The summed E-state index contributed by atoms with van der Waals surface area (Å²) in [5.74, 6) is 4.03. The first-order chi connectivity index (χ1) is 15.7. The van der Waals surface area contributed by atoms with Gasteiger partial charge in [-0.3, -0.25) is 4.98 Å². The van der Waals surface area contributed by atoms with Crippen LogP contribution in [0.2, 0.25) is 0 Å². The summed E-state index contributed by atoms with van der Waals surface area (Å²) in [6.45, 7) is 4.13. The van der Waals surface area contributed by atoms with Crippen LogP contribution in [0, 0.1) is 24.7 Å². The highest BCUT2D eigenvalue weighted by Gasteiger charge is 2.46. The summed E-state index contributed by atoms with van der Waals surface area (Å²) in [4.78, 5) is 7.63. The summed E-state index contributed by atoms with van der Waals surface area (Å²) in [6.07, 6.45) is 9.89. The lowest BCUT2D eigenvalue weighted by atomic mass is 9.68. The molecular weight excluding hydrogens is 396 g/mol. The van der Waals surface area contributed by atoms with Crippen LogP contribution in [0.4, 0.5) is 0 Å². The number of aromatic nitrogens is 3. The predicted molar refractivity (Wildman–Crippen MR) is 123 cm³/mol. The van der Waals surface area contributed by atoms with Gasteiger partial charge in [-0.1, -0.05) is 36.4 Å². The number of hydrogen-bond acceptors (Lipinski definition) is 5. The Balaban J connectivity index is 1.40. The van der Waals surface area contributed by atoms with E-state index in [0.717, 1.165) is 42.5 Å². The molecule has 3 aromatic rings. The van der Waals surface area contributed by atoms with Crippen LogP contribution in [0.15, 0.2) is 59.1 Å². The van der Waals surface area contributed by atoms with Crippen molar-refractivity contribution < 1.29 is 4.42 Å². The maximum Gasteiger partial charge on any atom is 0.233 e. The van der Waals surface area contributed by atoms with E-state index in [1.807, 2.05) is 19.2 Å². The Bertz CT molecular complexity index is 996. The third kappa shape index (κ3) is 3.47. The van der Waals surface area contributed by atoms with Gasteiger partial charge in [-0.2, -0.15) is 0 Å². The van der Waals surface area contributed by atoms with Crippen molar-refractivity contribution in [3.63, 3.8) is 0 Å². The van der Waals surface area contributed by atoms with Crippen LogP contribution < -0.4 is 0 Å². The average molecular weight is 429 g/mol. The molecule has 2 aliphatic carbocycles. The SMILES string of the molecule is Cc1nnc(C(CCN2CC3CC4CC(C3)CC2C4)(c2ccccc2)c2ccccn2)o1. The van der Waals surface area contributed by atoms with Gasteiger partial charge in [-0.25, -0.2) is 0 Å². The second kappa shape index (κ2) is 8.11. The van der Waals surface area contributed by atoms with Gasteiger partial charge < -0.3 is 9.32 Å². The number of benzene rings is 1. The maximum atomic E-state index is 6.15. The third-order valence-electron chi connectivity index (χ3n) is 8.25. The first-order valence-corrected chi connectivity index (χ1v) is 12.2. The van der Waals surface area contributed by atoms with Crippen LogP contribution in [0.3, 0.4) is 0 Å². The Kier molecular flexibility index (Phi) is 5.09. The lowest BCUT2D eigenvalue weighted by molar-refractivity contribution is 0.121. The number of fused-ring (bicyclic) bond motifs is 1. The number of rotatable bonds is 6. The molecule has 0 amide bonds. The summed E-state index contributed by atoms with van der Waals surface area (Å²) >= 11 is 0. The smallest absolute Gasteiger partial charge is 0.233 e. The Morgan fingerprint density at radius 1 is 0.906 bits per heavy atom. The molecular formula is C27H32N4O. The molecule has 2 saturated carbocycles. The van der Waals surface area contributed by atoms with E-state index in [9.17, 15) is 0 Å². The molecule has 2 aromatic heterocycles. The fraction of sp³-hybridized carbons (Fsp3) is 0.519. The second-order valence-electron chi connectivity index (χ2n) is 10.3. The van der Waals surface area contributed by atoms with Gasteiger partial charge in [0, 0.05) is 32.3 Å². The van der Waals surface area contributed by atoms with Crippen molar-refractivity contribution in [1.82, 2.24) is 20.1 Å². The number of hydrogen-bond donors (Lipinski definition) is 0. The van der Waals surface area contributed by atoms with Crippen molar-refractivity contribution >= 4 is 0 Å². The van der Waals surface area contributed by atoms with Gasteiger partial charge in [0.15, 0.2) is 0 Å². The summed E-state index contributed by atoms with van der Waals surface area (Å²) in [7, 11) is 0. The largest absolute Gasteiger partial charge is 0.424 e. The topological polar surface area (TPSA) is 55.1 Å². The standard InChI is InChI=1S/C27H32N4O/c1-19-29-30-26(32-19)27(23-7-3-2-4-8-23,25-9-5-6-11-28-25)10-12-31-18-22-14-20-13-21(15-22)17-24(31)16-20/h2-9,11,20-22,24H,10,12-18H2,1H3. The summed E-state index contributed by atoms with van der Waals surface area (Å²) in [5, 5.41) is 8.79. The van der Waals surface area contributed by atoms with Crippen molar-refractivity contribution in [2.45, 2.75) is 56.9 Å². The molecule has 1 aromatic carbocycles. The molecule has 2 aliphatic heterocycles. The van der Waals surface area contributed by atoms with Crippen LogP contribution in [0.5, 0.6) is 0 Å². The lowest BCUT2D eigenvalue weighted by Crippen LogP contribution is -2.42. The van der Waals surface area contributed by atoms with Crippen molar-refractivity contribution in [2.24, 2.45) is 17.8 Å². The highest BCUT2D eigenvalue weighted by molar-refractivity contribution is 5.42. The molecule has 0 spiro atoms. The van der Waals surface area contributed by atoms with Crippen molar-refractivity contribution in [3.8, 4) is 0 Å². The average Bonchev–Trinajstić information content (AvgIpc) is 3.16. The van der Waals surface area contributed by atoms with E-state index in [-0.39, 0.29) is 0 Å². The van der Waals surface area contributed by atoms with Gasteiger partial charge in [0.2, 0.25) is 11.8 Å². The molecule has 0 radical (unpaired) electrons. The summed E-state index contributed by atoms with van der Waals surface area (Å²) in [6, 6.07) is 17.5. The molecule has 4 heterocycles. The minimum atomic E-state index is -0.549. The molecule has 166 valence electrons. The summed E-state index contributed by atoms with van der Waals surface area (Å²) < 4.78 is 6.15. The van der Waals surface area contributed by atoms with E-state index in [2.05, 4.69) is 57.6 Å². The summed E-state index contributed by atoms with van der Waals surface area (Å²) in [5.41, 5.74) is 1.60. The van der Waals surface area contributed by atoms with Crippen LogP contribution in [0.1, 0.15) is 61.6 Å². The highest BCUT2D eigenvalue weighted by atomic mass is 16.4. The van der Waals surface area contributed by atoms with E-state index in [1.54, 1.807) is 0 Å². The molecule has 4 aliphatic rings. The molecule has 3 atom stereocenters. The fourth-order valence-corrected chi connectivity index (χ4v) is 7.03. The first-order valence-electron chi connectivity index (χ1n) is 12.2. The molecule has 7 rings (SSSR count). The van der Waals surface area contributed by atoms with E-state index in [1.165, 1.54) is 44.2 Å². The Morgan fingerprint density at radius 2 is 1.66 bits per heavy atom. The van der Waals surface area contributed by atoms with Crippen LogP contribution >= 0.6 is 0 Å². The third-order valence-corrected chi connectivity index (χ3v) is 8.25. The fourth-order valence-electron chi connectivity index (χ4n) is 7.03. The molecule has 2 saturated heterocycles. The molecule has 5 nitrogen and oxygen atoms in total. The minimum absolute atomic E-state index is 0.549. The van der Waals surface area contributed by atoms with Gasteiger partial charge in [-0.15, -0.1) is 10.2 Å². The second-order valence-corrected chi connectivity index (χ2v) is 10.3. The van der Waals surface area contributed by atoms with E-state index in [0.29, 0.717) is 11.8 Å². The zero-order valence-electron chi connectivity index (χ0n) is 18.9. The highest BCUT2D eigenvalue weighted by Crippen LogP contribution is 2.48. The first kappa shape index (κ1) is 20.1. The van der Waals surface area contributed by atoms with Gasteiger partial charge in [-0.05, 0) is 74.0 Å². The number of nitrogens with zero attached hydrogens (tertiary/aromatic N) is 4. The van der Waals surface area contributed by atoms with Gasteiger partial charge in [0.05, 0.1) is 5.69 Å². The van der Waals surface area contributed by atoms with Crippen molar-refractivity contribution in [1.29, 1.82) is 0 Å². The molecule has 4 bridgehead atoms. The van der Waals surface area contributed by atoms with Gasteiger partial charge >= 0.3 is 0 Å². The van der Waals surface area contributed by atoms with E-state index in [4.69, 9.17) is 9.40 Å². The number of pyridine rings is 1. The molecule has 3 unspecified atom stereocenters. The van der Waals surface area contributed by atoms with Crippen LogP contribution in [0.25, 0.3) is 0 Å². The maximum absolute atomic E-state index is 6.15. The van der Waals surface area contributed by atoms with Crippen LogP contribution in [-0.2, 0) is 5.41 Å². The number of aryl methyl sites for hydroxylation is 1. The minimum Gasteiger partial charge on any atom is -0.424 e. The normalized spacial score (nSPS) is 29.0. The quantitative estimate of drug-likeness (QED) is 0.552. The zero-order chi connectivity index (χ0) is 21.5. The van der Waals surface area contributed by atoms with Gasteiger partial charge in [0.25, 0.3) is 0 Å².